The standard InChI is InChI=1S/C54H35N3OS/c1-54(2)44-25-8-6-18-37(44)39-21-11-20-36(49(39)54)35-17-10-16-33(30-35)34-28-29-45-43(31-34)48-41(23-13-26-46(48)58-45)52-55-51(32-14-4-3-5-15-32)56-53(57-52)42-24-12-22-40-38-19-7-9-27-47(38)59-50(40)42/h3-31H,1-2H3. The second-order valence-electron chi connectivity index (χ2n) is 15.9. The topological polar surface area (TPSA) is 51.8 Å². The average molecular weight is 774 g/mol. The van der Waals surface area contributed by atoms with Gasteiger partial charge in [-0.15, -0.1) is 11.3 Å². The second kappa shape index (κ2) is 12.9. The summed E-state index contributed by atoms with van der Waals surface area (Å²) in [5.41, 5.74) is 14.5. The van der Waals surface area contributed by atoms with Gasteiger partial charge in [0.15, 0.2) is 17.5 Å². The van der Waals surface area contributed by atoms with E-state index in [0.29, 0.717) is 17.5 Å². The maximum atomic E-state index is 6.55. The fourth-order valence-electron chi connectivity index (χ4n) is 9.40. The Morgan fingerprint density at radius 2 is 1.05 bits per heavy atom. The molecule has 8 aromatic carbocycles. The first-order chi connectivity index (χ1) is 29.0. The van der Waals surface area contributed by atoms with Gasteiger partial charge in [0.1, 0.15) is 11.2 Å². The minimum atomic E-state index is -0.108. The highest BCUT2D eigenvalue weighted by Gasteiger charge is 2.37. The molecule has 0 amide bonds. The van der Waals surface area contributed by atoms with Gasteiger partial charge in [0.2, 0.25) is 0 Å². The lowest BCUT2D eigenvalue weighted by atomic mass is 9.78. The van der Waals surface area contributed by atoms with E-state index in [4.69, 9.17) is 19.4 Å². The molecule has 0 N–H and O–H groups in total. The Labute approximate surface area is 345 Å². The number of fused-ring (bicyclic) bond motifs is 9. The van der Waals surface area contributed by atoms with Gasteiger partial charge in [0, 0.05) is 53.1 Å². The predicted molar refractivity (Wildman–Crippen MR) is 245 cm³/mol. The third kappa shape index (κ3) is 5.25. The Kier molecular flexibility index (Phi) is 7.41. The van der Waals surface area contributed by atoms with Crippen LogP contribution in [0, 0.1) is 0 Å². The molecule has 0 saturated heterocycles. The van der Waals surface area contributed by atoms with E-state index in [1.165, 1.54) is 48.9 Å². The van der Waals surface area contributed by atoms with Crippen LogP contribution < -0.4 is 0 Å². The van der Waals surface area contributed by atoms with Crippen molar-refractivity contribution in [1.82, 2.24) is 15.0 Å². The first-order valence-electron chi connectivity index (χ1n) is 20.0. The summed E-state index contributed by atoms with van der Waals surface area (Å²) >= 11 is 1.78. The number of hydrogen-bond donors (Lipinski definition) is 0. The van der Waals surface area contributed by atoms with Gasteiger partial charge in [-0.1, -0.05) is 153 Å². The molecule has 3 heterocycles. The molecular formula is C54H35N3OS. The first kappa shape index (κ1) is 33.9. The highest BCUT2D eigenvalue weighted by molar-refractivity contribution is 7.26. The summed E-state index contributed by atoms with van der Waals surface area (Å²) in [5, 5.41) is 4.45. The van der Waals surface area contributed by atoms with Gasteiger partial charge in [-0.05, 0) is 80.9 Å². The smallest absolute Gasteiger partial charge is 0.165 e. The van der Waals surface area contributed by atoms with Crippen molar-refractivity contribution in [1.29, 1.82) is 0 Å². The lowest BCUT2D eigenvalue weighted by Crippen LogP contribution is -2.16. The highest BCUT2D eigenvalue weighted by atomic mass is 32.1. The molecule has 0 fully saturated rings. The lowest BCUT2D eigenvalue weighted by Gasteiger charge is -2.24. The summed E-state index contributed by atoms with van der Waals surface area (Å²) in [6, 6.07) is 62.4. The normalized spacial score (nSPS) is 13.1. The van der Waals surface area contributed by atoms with E-state index in [-0.39, 0.29) is 5.41 Å². The summed E-state index contributed by atoms with van der Waals surface area (Å²) in [7, 11) is 0. The molecule has 3 aromatic heterocycles. The van der Waals surface area contributed by atoms with Crippen molar-refractivity contribution in [2.75, 3.05) is 0 Å². The molecule has 1 aliphatic rings. The Morgan fingerprint density at radius 1 is 0.424 bits per heavy atom. The second-order valence-corrected chi connectivity index (χ2v) is 17.0. The maximum absolute atomic E-state index is 6.55. The average Bonchev–Trinajstić information content (AvgIpc) is 3.94. The van der Waals surface area contributed by atoms with Crippen LogP contribution in [0.4, 0.5) is 0 Å². The van der Waals surface area contributed by atoms with Crippen LogP contribution in [0.15, 0.2) is 180 Å². The Morgan fingerprint density at radius 3 is 1.97 bits per heavy atom. The fourth-order valence-corrected chi connectivity index (χ4v) is 10.6. The van der Waals surface area contributed by atoms with Gasteiger partial charge in [-0.25, -0.2) is 15.0 Å². The van der Waals surface area contributed by atoms with Gasteiger partial charge in [0.05, 0.1) is 0 Å². The van der Waals surface area contributed by atoms with Crippen LogP contribution in [0.3, 0.4) is 0 Å². The van der Waals surface area contributed by atoms with E-state index in [0.717, 1.165) is 54.5 Å². The number of thiophene rings is 1. The maximum Gasteiger partial charge on any atom is 0.165 e. The lowest BCUT2D eigenvalue weighted by molar-refractivity contribution is 0.662. The molecule has 0 unspecified atom stereocenters. The quantitative estimate of drug-likeness (QED) is 0.175. The van der Waals surface area contributed by atoms with Crippen molar-refractivity contribution < 1.29 is 4.42 Å². The van der Waals surface area contributed by atoms with Gasteiger partial charge in [-0.2, -0.15) is 0 Å². The van der Waals surface area contributed by atoms with Crippen molar-refractivity contribution >= 4 is 53.4 Å². The molecule has 0 saturated carbocycles. The molecule has 12 rings (SSSR count). The van der Waals surface area contributed by atoms with Gasteiger partial charge in [-0.3, -0.25) is 0 Å². The zero-order valence-electron chi connectivity index (χ0n) is 32.4. The van der Waals surface area contributed by atoms with Crippen molar-refractivity contribution in [3.05, 3.63) is 187 Å². The van der Waals surface area contributed by atoms with Crippen LogP contribution in [0.5, 0.6) is 0 Å². The summed E-state index contributed by atoms with van der Waals surface area (Å²) in [6.45, 7) is 4.70. The predicted octanol–water partition coefficient (Wildman–Crippen LogP) is 14.8. The number of benzene rings is 8. The molecule has 0 bridgehead atoms. The molecule has 0 aliphatic heterocycles. The van der Waals surface area contributed by atoms with Crippen LogP contribution in [0.25, 0.3) is 110 Å². The van der Waals surface area contributed by atoms with E-state index in [1.54, 1.807) is 11.3 Å². The van der Waals surface area contributed by atoms with E-state index in [1.807, 2.05) is 30.3 Å². The SMILES string of the molecule is CC1(C)c2ccccc2-c2cccc(-c3cccc(-c4ccc5oc6cccc(-c7nc(-c8ccccc8)nc(-c8cccc9c8sc8ccccc89)n7)c6c5c4)c3)c21. The van der Waals surface area contributed by atoms with Gasteiger partial charge >= 0.3 is 0 Å². The molecular weight excluding hydrogens is 739 g/mol. The third-order valence-electron chi connectivity index (χ3n) is 12.1. The Bertz CT molecular complexity index is 3490. The first-order valence-corrected chi connectivity index (χ1v) is 20.8. The van der Waals surface area contributed by atoms with Crippen LogP contribution in [0.2, 0.25) is 0 Å². The summed E-state index contributed by atoms with van der Waals surface area (Å²) < 4.78 is 8.96. The van der Waals surface area contributed by atoms with Crippen molar-refractivity contribution in [2.45, 2.75) is 19.3 Å². The fraction of sp³-hybridized carbons (Fsp3) is 0.0556. The molecule has 1 aliphatic carbocycles. The number of rotatable bonds is 5. The molecule has 5 heteroatoms. The summed E-state index contributed by atoms with van der Waals surface area (Å²) in [6.07, 6.45) is 0. The zero-order chi connectivity index (χ0) is 39.2. The zero-order valence-corrected chi connectivity index (χ0v) is 33.2. The van der Waals surface area contributed by atoms with Crippen molar-refractivity contribution in [3.63, 3.8) is 0 Å². The highest BCUT2D eigenvalue weighted by Crippen LogP contribution is 2.52. The minimum absolute atomic E-state index is 0.108. The molecule has 0 radical (unpaired) electrons. The van der Waals surface area contributed by atoms with Crippen molar-refractivity contribution in [2.24, 2.45) is 0 Å². The molecule has 0 spiro atoms. The number of furan rings is 1. The minimum Gasteiger partial charge on any atom is -0.456 e. The molecule has 278 valence electrons. The van der Waals surface area contributed by atoms with Gasteiger partial charge in [0.25, 0.3) is 0 Å². The van der Waals surface area contributed by atoms with Crippen LogP contribution in [0.1, 0.15) is 25.0 Å². The van der Waals surface area contributed by atoms with E-state index in [2.05, 4.69) is 159 Å². The van der Waals surface area contributed by atoms with Crippen molar-refractivity contribution in [3.8, 4) is 67.5 Å². The van der Waals surface area contributed by atoms with E-state index in [9.17, 15) is 0 Å². The number of aromatic nitrogens is 3. The van der Waals surface area contributed by atoms with E-state index < -0.39 is 0 Å². The molecule has 0 atom stereocenters. The number of nitrogens with zero attached hydrogens (tertiary/aromatic N) is 3. The number of hydrogen-bond acceptors (Lipinski definition) is 5. The van der Waals surface area contributed by atoms with E-state index >= 15 is 0 Å². The van der Waals surface area contributed by atoms with Gasteiger partial charge < -0.3 is 4.42 Å². The summed E-state index contributed by atoms with van der Waals surface area (Å²) in [4.78, 5) is 15.6. The molecule has 4 nitrogen and oxygen atoms in total. The monoisotopic (exact) mass is 773 g/mol. The van der Waals surface area contributed by atoms with Crippen LogP contribution in [-0.4, -0.2) is 15.0 Å². The van der Waals surface area contributed by atoms with Crippen LogP contribution in [-0.2, 0) is 5.41 Å². The Hall–Kier alpha value is -7.21. The Balaban J connectivity index is 1.02. The van der Waals surface area contributed by atoms with Crippen LogP contribution >= 0.6 is 11.3 Å². The summed E-state index contributed by atoms with van der Waals surface area (Å²) in [5.74, 6) is 1.88. The molecule has 59 heavy (non-hydrogen) atoms. The molecule has 11 aromatic rings. The largest absolute Gasteiger partial charge is 0.456 e. The third-order valence-corrected chi connectivity index (χ3v) is 13.4.